The lowest BCUT2D eigenvalue weighted by Crippen LogP contribution is -2.56. The molecule has 3 heterocycles. The minimum atomic E-state index is -1.28. The van der Waals surface area contributed by atoms with Crippen molar-refractivity contribution >= 4 is 23.4 Å². The fraction of sp³-hybridized carbons (Fsp3) is 0.433. The molecule has 1 spiro atoms. The van der Waals surface area contributed by atoms with Gasteiger partial charge in [0.05, 0.1) is 17.9 Å². The van der Waals surface area contributed by atoms with Crippen LogP contribution in [-0.4, -0.2) is 46.4 Å². The summed E-state index contributed by atoms with van der Waals surface area (Å²) < 4.78 is 21.1. The summed E-state index contributed by atoms with van der Waals surface area (Å²) in [4.78, 5) is 42.8. The normalized spacial score (nSPS) is 29.9. The maximum atomic E-state index is 14.7. The number of halogens is 1. The SMILES string of the molecule is Cc1ccc(NC(=O)[C@@H]2[C@H]3C=C[C@@]4(O3)[C@H]2C(=O)N(Cc2ccccc2F)[C@@H]4C(=O)NC2CCCCC2)cc1. The number of hydrogen-bond donors (Lipinski definition) is 2. The average Bonchev–Trinajstić information content (AvgIpc) is 3.55. The van der Waals surface area contributed by atoms with Gasteiger partial charge in [-0.3, -0.25) is 14.4 Å². The molecule has 3 fully saturated rings. The number of nitrogens with zero attached hydrogens (tertiary/aromatic N) is 1. The second-order valence-electron chi connectivity index (χ2n) is 11.0. The van der Waals surface area contributed by atoms with E-state index in [1.165, 1.54) is 11.0 Å². The zero-order valence-corrected chi connectivity index (χ0v) is 21.4. The molecule has 1 aliphatic carbocycles. The first kappa shape index (κ1) is 24.8. The van der Waals surface area contributed by atoms with E-state index in [9.17, 15) is 18.8 Å². The largest absolute Gasteiger partial charge is 0.359 e. The molecule has 6 rings (SSSR count). The highest BCUT2D eigenvalue weighted by molar-refractivity contribution is 6.02. The highest BCUT2D eigenvalue weighted by Crippen LogP contribution is 2.55. The summed E-state index contributed by atoms with van der Waals surface area (Å²) in [6.45, 7) is 1.88. The van der Waals surface area contributed by atoms with Gasteiger partial charge in [0.25, 0.3) is 0 Å². The lowest BCUT2D eigenvalue weighted by atomic mass is 9.74. The van der Waals surface area contributed by atoms with Crippen LogP contribution in [0, 0.1) is 24.6 Å². The summed E-state index contributed by atoms with van der Waals surface area (Å²) in [6.07, 6.45) is 7.95. The van der Waals surface area contributed by atoms with E-state index in [-0.39, 0.29) is 30.3 Å². The van der Waals surface area contributed by atoms with Crippen molar-refractivity contribution in [2.24, 2.45) is 11.8 Å². The molecule has 2 aromatic carbocycles. The first-order chi connectivity index (χ1) is 18.4. The quantitative estimate of drug-likeness (QED) is 0.570. The van der Waals surface area contributed by atoms with E-state index in [0.29, 0.717) is 11.3 Å². The fourth-order valence-corrected chi connectivity index (χ4v) is 6.64. The minimum absolute atomic E-state index is 0.0281. The number of hydrogen-bond acceptors (Lipinski definition) is 4. The summed E-state index contributed by atoms with van der Waals surface area (Å²) in [5.74, 6) is -3.14. The molecule has 5 atom stereocenters. The molecule has 3 amide bonds. The predicted molar refractivity (Wildman–Crippen MR) is 139 cm³/mol. The van der Waals surface area contributed by atoms with Gasteiger partial charge in [0.2, 0.25) is 17.7 Å². The van der Waals surface area contributed by atoms with Gasteiger partial charge in [0.15, 0.2) is 0 Å². The molecule has 8 heteroatoms. The van der Waals surface area contributed by atoms with Crippen LogP contribution in [0.3, 0.4) is 0 Å². The molecule has 2 aromatic rings. The molecule has 1 saturated carbocycles. The molecule has 2 N–H and O–H groups in total. The van der Waals surface area contributed by atoms with E-state index >= 15 is 0 Å². The fourth-order valence-electron chi connectivity index (χ4n) is 6.64. The zero-order chi connectivity index (χ0) is 26.4. The Kier molecular flexibility index (Phi) is 6.30. The van der Waals surface area contributed by atoms with Crippen LogP contribution >= 0.6 is 0 Å². The van der Waals surface area contributed by atoms with E-state index in [4.69, 9.17) is 4.74 Å². The van der Waals surface area contributed by atoms with Crippen molar-refractivity contribution in [2.45, 2.75) is 69.4 Å². The minimum Gasteiger partial charge on any atom is -0.359 e. The third kappa shape index (κ3) is 4.11. The first-order valence-corrected chi connectivity index (χ1v) is 13.5. The van der Waals surface area contributed by atoms with Crippen LogP contribution in [0.2, 0.25) is 0 Å². The highest BCUT2D eigenvalue weighted by atomic mass is 19.1. The number of aryl methyl sites for hydroxylation is 1. The molecular formula is C30H32FN3O4. The molecule has 3 aliphatic heterocycles. The van der Waals surface area contributed by atoms with Gasteiger partial charge in [-0.2, -0.15) is 0 Å². The average molecular weight is 518 g/mol. The number of benzene rings is 2. The van der Waals surface area contributed by atoms with Crippen LogP contribution in [0.15, 0.2) is 60.7 Å². The van der Waals surface area contributed by atoms with Crippen LogP contribution in [0.4, 0.5) is 10.1 Å². The van der Waals surface area contributed by atoms with Gasteiger partial charge < -0.3 is 20.3 Å². The molecule has 0 radical (unpaired) electrons. The van der Waals surface area contributed by atoms with E-state index in [2.05, 4.69) is 10.6 Å². The van der Waals surface area contributed by atoms with Gasteiger partial charge in [-0.05, 0) is 38.0 Å². The van der Waals surface area contributed by atoms with Gasteiger partial charge in [-0.15, -0.1) is 0 Å². The highest BCUT2D eigenvalue weighted by Gasteiger charge is 2.72. The zero-order valence-electron chi connectivity index (χ0n) is 21.4. The van der Waals surface area contributed by atoms with E-state index in [1.807, 2.05) is 31.2 Å². The Hall–Kier alpha value is -3.52. The predicted octanol–water partition coefficient (Wildman–Crippen LogP) is 3.87. The summed E-state index contributed by atoms with van der Waals surface area (Å²) in [6, 6.07) is 12.7. The van der Waals surface area contributed by atoms with Gasteiger partial charge in [0.1, 0.15) is 17.5 Å². The number of rotatable bonds is 6. The van der Waals surface area contributed by atoms with Crippen molar-refractivity contribution in [3.05, 3.63) is 77.6 Å². The van der Waals surface area contributed by atoms with Crippen molar-refractivity contribution in [3.8, 4) is 0 Å². The van der Waals surface area contributed by atoms with Crippen LogP contribution < -0.4 is 10.6 Å². The lowest BCUT2D eigenvalue weighted by Gasteiger charge is -2.34. The molecule has 2 saturated heterocycles. The van der Waals surface area contributed by atoms with Gasteiger partial charge >= 0.3 is 0 Å². The van der Waals surface area contributed by atoms with Crippen LogP contribution in [0.5, 0.6) is 0 Å². The number of ether oxygens (including phenoxy) is 1. The van der Waals surface area contributed by atoms with Gasteiger partial charge in [-0.1, -0.05) is 67.3 Å². The van der Waals surface area contributed by atoms with Crippen LogP contribution in [0.1, 0.15) is 43.2 Å². The molecule has 0 unspecified atom stereocenters. The number of carbonyl (C=O) groups excluding carboxylic acids is 3. The lowest BCUT2D eigenvalue weighted by molar-refractivity contribution is -0.142. The van der Waals surface area contributed by atoms with Crippen LogP contribution in [0.25, 0.3) is 0 Å². The molecule has 4 aliphatic rings. The van der Waals surface area contributed by atoms with E-state index < -0.39 is 35.4 Å². The summed E-state index contributed by atoms with van der Waals surface area (Å²) in [5.41, 5.74) is 0.726. The Morgan fingerprint density at radius 1 is 1.05 bits per heavy atom. The van der Waals surface area contributed by atoms with E-state index in [1.54, 1.807) is 30.4 Å². The van der Waals surface area contributed by atoms with Crippen molar-refractivity contribution in [1.82, 2.24) is 10.2 Å². The number of amides is 3. The third-order valence-electron chi connectivity index (χ3n) is 8.49. The van der Waals surface area contributed by atoms with Crippen molar-refractivity contribution in [1.29, 1.82) is 0 Å². The van der Waals surface area contributed by atoms with Crippen LogP contribution in [-0.2, 0) is 25.7 Å². The number of anilines is 1. The number of fused-ring (bicyclic) bond motifs is 1. The molecule has 198 valence electrons. The number of carbonyl (C=O) groups is 3. The van der Waals surface area contributed by atoms with Gasteiger partial charge in [-0.25, -0.2) is 4.39 Å². The Labute approximate surface area is 221 Å². The second-order valence-corrected chi connectivity index (χ2v) is 11.0. The molecule has 0 aromatic heterocycles. The van der Waals surface area contributed by atoms with Crippen molar-refractivity contribution < 1.29 is 23.5 Å². The summed E-state index contributed by atoms with van der Waals surface area (Å²) in [7, 11) is 0. The summed E-state index contributed by atoms with van der Waals surface area (Å²) >= 11 is 0. The second kappa shape index (κ2) is 9.66. The maximum Gasteiger partial charge on any atom is 0.246 e. The smallest absolute Gasteiger partial charge is 0.246 e. The van der Waals surface area contributed by atoms with Crippen molar-refractivity contribution in [3.63, 3.8) is 0 Å². The summed E-state index contributed by atoms with van der Waals surface area (Å²) in [5, 5.41) is 6.08. The molecular weight excluding hydrogens is 485 g/mol. The van der Waals surface area contributed by atoms with Gasteiger partial charge in [0, 0.05) is 23.8 Å². The van der Waals surface area contributed by atoms with Crippen molar-refractivity contribution in [2.75, 3.05) is 5.32 Å². The molecule has 38 heavy (non-hydrogen) atoms. The molecule has 7 nitrogen and oxygen atoms in total. The standard InChI is InChI=1S/C30H32FN3O4/c1-18-11-13-21(14-12-18)32-27(35)24-23-15-16-30(38-23)25(24)29(37)34(17-19-7-5-6-10-22(19)31)26(30)28(36)33-20-8-3-2-4-9-20/h5-7,10-16,20,23-26H,2-4,8-9,17H2,1H3,(H,32,35)(H,33,36)/t23-,24-,25-,26-,30-/m1/s1. The Morgan fingerprint density at radius 3 is 2.53 bits per heavy atom. The third-order valence-corrected chi connectivity index (χ3v) is 8.49. The Morgan fingerprint density at radius 2 is 1.79 bits per heavy atom. The topological polar surface area (TPSA) is 87.7 Å². The number of likely N-dealkylation sites (tertiary alicyclic amines) is 1. The van der Waals surface area contributed by atoms with E-state index in [0.717, 1.165) is 37.7 Å². The molecule has 2 bridgehead atoms. The number of nitrogens with one attached hydrogen (secondary N) is 2. The Bertz CT molecular complexity index is 1290. The Balaban J connectivity index is 1.33. The maximum absolute atomic E-state index is 14.7. The first-order valence-electron chi connectivity index (χ1n) is 13.5. The monoisotopic (exact) mass is 517 g/mol.